The van der Waals surface area contributed by atoms with Crippen LogP contribution in [0.15, 0.2) is 72.8 Å². The maximum Gasteiger partial charge on any atom is 0.313 e. The van der Waals surface area contributed by atoms with Gasteiger partial charge in [0.2, 0.25) is 5.75 Å². The third-order valence-corrected chi connectivity index (χ3v) is 5.30. The van der Waals surface area contributed by atoms with Crippen LogP contribution in [0, 0.1) is 15.9 Å². The van der Waals surface area contributed by atoms with Crippen molar-refractivity contribution in [2.24, 2.45) is 0 Å². The fraction of sp³-hybridized carbons (Fsp3) is 0.182. The molecular formula is C22H19FN2O3. The SMILES string of the molecule is O=[N+]([O-])c1ccc(C2CCN2C(c2ccccc2)c2ccccc2)c(F)c1O. The van der Waals surface area contributed by atoms with Crippen LogP contribution in [0.25, 0.3) is 0 Å². The number of halogens is 1. The molecule has 3 aromatic carbocycles. The second-order valence-corrected chi connectivity index (χ2v) is 6.86. The van der Waals surface area contributed by atoms with Gasteiger partial charge in [0.05, 0.1) is 11.0 Å². The fourth-order valence-corrected chi connectivity index (χ4v) is 3.87. The molecule has 1 heterocycles. The Labute approximate surface area is 161 Å². The van der Waals surface area contributed by atoms with E-state index in [2.05, 4.69) is 4.90 Å². The van der Waals surface area contributed by atoms with Crippen LogP contribution < -0.4 is 0 Å². The predicted molar refractivity (Wildman–Crippen MR) is 104 cm³/mol. The van der Waals surface area contributed by atoms with Crippen molar-refractivity contribution in [2.45, 2.75) is 18.5 Å². The highest BCUT2D eigenvalue weighted by Gasteiger charge is 2.39. The number of nitro groups is 1. The smallest absolute Gasteiger partial charge is 0.313 e. The van der Waals surface area contributed by atoms with Crippen LogP contribution in [0.2, 0.25) is 0 Å². The topological polar surface area (TPSA) is 66.6 Å². The Hall–Kier alpha value is -3.25. The first-order chi connectivity index (χ1) is 13.6. The summed E-state index contributed by atoms with van der Waals surface area (Å²) >= 11 is 0. The number of phenols is 1. The summed E-state index contributed by atoms with van der Waals surface area (Å²) in [6.07, 6.45) is 0.713. The number of hydrogen-bond donors (Lipinski definition) is 1. The van der Waals surface area contributed by atoms with Gasteiger partial charge in [0.25, 0.3) is 0 Å². The Morgan fingerprint density at radius 2 is 1.57 bits per heavy atom. The fourth-order valence-electron chi connectivity index (χ4n) is 3.87. The summed E-state index contributed by atoms with van der Waals surface area (Å²) in [6, 6.07) is 22.2. The van der Waals surface area contributed by atoms with Crippen LogP contribution in [-0.4, -0.2) is 21.5 Å². The molecule has 3 aromatic rings. The summed E-state index contributed by atoms with van der Waals surface area (Å²) in [4.78, 5) is 12.3. The standard InChI is InChI=1S/C22H19FN2O3/c23-20-17(11-12-19(22(20)26)25(27)28)18-13-14-24(18)21(15-7-3-1-4-8-15)16-9-5-2-6-10-16/h1-12,18,21,26H,13-14H2. The van der Waals surface area contributed by atoms with E-state index >= 15 is 0 Å². The zero-order chi connectivity index (χ0) is 19.7. The first-order valence-electron chi connectivity index (χ1n) is 9.09. The molecule has 1 aliphatic heterocycles. The number of phenolic OH excluding ortho intramolecular Hbond substituents is 1. The molecule has 0 aliphatic carbocycles. The maximum absolute atomic E-state index is 14.8. The molecule has 1 saturated heterocycles. The minimum Gasteiger partial charge on any atom is -0.500 e. The van der Waals surface area contributed by atoms with Crippen molar-refractivity contribution < 1.29 is 14.4 Å². The van der Waals surface area contributed by atoms with Gasteiger partial charge in [-0.05, 0) is 23.6 Å². The molecule has 0 saturated carbocycles. The number of benzene rings is 3. The normalized spacial score (nSPS) is 16.7. The number of aromatic hydroxyl groups is 1. The van der Waals surface area contributed by atoms with Crippen molar-refractivity contribution in [2.75, 3.05) is 6.54 Å². The highest BCUT2D eigenvalue weighted by molar-refractivity contribution is 5.50. The molecular weight excluding hydrogens is 359 g/mol. The van der Waals surface area contributed by atoms with Crippen molar-refractivity contribution in [1.82, 2.24) is 4.90 Å². The Balaban J connectivity index is 1.74. The molecule has 5 nitrogen and oxygen atoms in total. The van der Waals surface area contributed by atoms with E-state index in [9.17, 15) is 19.6 Å². The average Bonchev–Trinajstić information content (AvgIpc) is 2.69. The lowest BCUT2D eigenvalue weighted by atomic mass is 9.87. The molecule has 1 aliphatic rings. The molecule has 1 unspecified atom stereocenters. The van der Waals surface area contributed by atoms with Crippen LogP contribution in [0.5, 0.6) is 5.75 Å². The number of nitro benzene ring substituents is 1. The molecule has 1 atom stereocenters. The Bertz CT molecular complexity index is 956. The zero-order valence-corrected chi connectivity index (χ0v) is 15.0. The largest absolute Gasteiger partial charge is 0.500 e. The Morgan fingerprint density at radius 3 is 2.04 bits per heavy atom. The molecule has 0 spiro atoms. The molecule has 0 aromatic heterocycles. The van der Waals surface area contributed by atoms with Crippen molar-refractivity contribution in [3.8, 4) is 5.75 Å². The van der Waals surface area contributed by atoms with E-state index in [4.69, 9.17) is 0 Å². The van der Waals surface area contributed by atoms with E-state index in [1.807, 2.05) is 60.7 Å². The van der Waals surface area contributed by atoms with Crippen molar-refractivity contribution in [3.63, 3.8) is 0 Å². The first-order valence-corrected chi connectivity index (χ1v) is 9.09. The molecule has 0 amide bonds. The van der Waals surface area contributed by atoms with Gasteiger partial charge in [-0.1, -0.05) is 60.7 Å². The summed E-state index contributed by atoms with van der Waals surface area (Å²) in [6.45, 7) is 0.760. The summed E-state index contributed by atoms with van der Waals surface area (Å²) in [7, 11) is 0. The maximum atomic E-state index is 14.8. The minimum atomic E-state index is -0.913. The number of hydrogen-bond acceptors (Lipinski definition) is 4. The zero-order valence-electron chi connectivity index (χ0n) is 15.0. The lowest BCUT2D eigenvalue weighted by molar-refractivity contribution is -0.386. The molecule has 6 heteroatoms. The molecule has 0 radical (unpaired) electrons. The number of rotatable bonds is 5. The van der Waals surface area contributed by atoms with Crippen molar-refractivity contribution in [3.05, 3.63) is 105 Å². The lowest BCUT2D eigenvalue weighted by Gasteiger charge is -2.47. The van der Waals surface area contributed by atoms with Crippen LogP contribution >= 0.6 is 0 Å². The van der Waals surface area contributed by atoms with Crippen molar-refractivity contribution in [1.29, 1.82) is 0 Å². The van der Waals surface area contributed by atoms with Crippen LogP contribution in [0.4, 0.5) is 10.1 Å². The summed E-state index contributed by atoms with van der Waals surface area (Å²) in [5.41, 5.74) is 1.84. The van der Waals surface area contributed by atoms with Gasteiger partial charge >= 0.3 is 5.69 Å². The van der Waals surface area contributed by atoms with E-state index in [-0.39, 0.29) is 17.6 Å². The van der Waals surface area contributed by atoms with Gasteiger partial charge in [0, 0.05) is 24.2 Å². The summed E-state index contributed by atoms with van der Waals surface area (Å²) in [5, 5.41) is 20.9. The Morgan fingerprint density at radius 1 is 1.00 bits per heavy atom. The third kappa shape index (κ3) is 3.12. The molecule has 0 bridgehead atoms. The van der Waals surface area contributed by atoms with Crippen LogP contribution in [0.3, 0.4) is 0 Å². The Kier molecular flexibility index (Phi) is 4.79. The molecule has 142 valence electrons. The molecule has 4 rings (SSSR count). The first kappa shape index (κ1) is 18.1. The molecule has 1 N–H and O–H groups in total. The highest BCUT2D eigenvalue weighted by Crippen LogP contribution is 2.46. The second kappa shape index (κ2) is 7.40. The van der Waals surface area contributed by atoms with Crippen LogP contribution in [0.1, 0.15) is 35.2 Å². The molecule has 1 fully saturated rings. The minimum absolute atomic E-state index is 0.0714. The van der Waals surface area contributed by atoms with Gasteiger partial charge in [-0.2, -0.15) is 0 Å². The predicted octanol–water partition coefficient (Wildman–Crippen LogP) is 4.98. The lowest BCUT2D eigenvalue weighted by Crippen LogP contribution is -2.44. The quantitative estimate of drug-likeness (QED) is 0.502. The highest BCUT2D eigenvalue weighted by atomic mass is 19.1. The van der Waals surface area contributed by atoms with Gasteiger partial charge in [0.15, 0.2) is 5.82 Å². The summed E-state index contributed by atoms with van der Waals surface area (Å²) < 4.78 is 14.8. The van der Waals surface area contributed by atoms with E-state index in [1.165, 1.54) is 12.1 Å². The van der Waals surface area contributed by atoms with Gasteiger partial charge in [-0.15, -0.1) is 0 Å². The average molecular weight is 378 g/mol. The number of likely N-dealkylation sites (tertiary alicyclic amines) is 1. The summed E-state index contributed by atoms with van der Waals surface area (Å²) in [5.74, 6) is -1.81. The third-order valence-electron chi connectivity index (χ3n) is 5.30. The van der Waals surface area contributed by atoms with E-state index in [1.54, 1.807) is 0 Å². The van der Waals surface area contributed by atoms with Gasteiger partial charge < -0.3 is 5.11 Å². The van der Waals surface area contributed by atoms with E-state index < -0.39 is 22.2 Å². The monoisotopic (exact) mass is 378 g/mol. The van der Waals surface area contributed by atoms with Crippen molar-refractivity contribution >= 4 is 5.69 Å². The van der Waals surface area contributed by atoms with E-state index in [0.717, 1.165) is 17.7 Å². The van der Waals surface area contributed by atoms with Gasteiger partial charge in [-0.25, -0.2) is 4.39 Å². The molecule has 28 heavy (non-hydrogen) atoms. The number of nitrogens with zero attached hydrogens (tertiary/aromatic N) is 2. The second-order valence-electron chi connectivity index (χ2n) is 6.86. The van der Waals surface area contributed by atoms with E-state index in [0.29, 0.717) is 6.42 Å². The van der Waals surface area contributed by atoms with Crippen LogP contribution in [-0.2, 0) is 0 Å². The van der Waals surface area contributed by atoms with Gasteiger partial charge in [-0.3, -0.25) is 15.0 Å². The van der Waals surface area contributed by atoms with Gasteiger partial charge in [0.1, 0.15) is 0 Å².